The Bertz CT molecular complexity index is 662. The normalized spacial score (nSPS) is 13.2. The summed E-state index contributed by atoms with van der Waals surface area (Å²) in [6.45, 7) is 2.03. The zero-order chi connectivity index (χ0) is 14.0. The molecule has 102 valence electrons. The third-order valence-electron chi connectivity index (χ3n) is 2.75. The summed E-state index contributed by atoms with van der Waals surface area (Å²) < 4.78 is 23.5. The van der Waals surface area contributed by atoms with Crippen molar-refractivity contribution in [3.8, 4) is 0 Å². The van der Waals surface area contributed by atoms with E-state index in [1.165, 1.54) is 17.6 Å². The molecule has 3 nitrogen and oxygen atoms in total. The summed E-state index contributed by atoms with van der Waals surface area (Å²) >= 11 is 7.40. The maximum absolute atomic E-state index is 11.4. The summed E-state index contributed by atoms with van der Waals surface area (Å²) in [5.41, 5.74) is 1.99. The van der Waals surface area contributed by atoms with Crippen LogP contribution in [0.2, 0.25) is 4.34 Å². The monoisotopic (exact) mass is 315 g/mol. The first-order valence-electron chi connectivity index (χ1n) is 5.67. The smallest absolute Gasteiger partial charge is 0.175 e. The minimum Gasteiger partial charge on any atom is -0.378 e. The van der Waals surface area contributed by atoms with Crippen molar-refractivity contribution < 1.29 is 8.42 Å². The summed E-state index contributed by atoms with van der Waals surface area (Å²) in [6.07, 6.45) is 1.20. The maximum Gasteiger partial charge on any atom is 0.175 e. The predicted octanol–water partition coefficient (Wildman–Crippen LogP) is 3.98. The number of hydrogen-bond donors (Lipinski definition) is 1. The minimum atomic E-state index is -3.14. The van der Waals surface area contributed by atoms with Crippen molar-refractivity contribution in [3.63, 3.8) is 0 Å². The number of anilines is 1. The first-order chi connectivity index (χ1) is 8.86. The van der Waals surface area contributed by atoms with Crippen LogP contribution in [0.4, 0.5) is 5.69 Å². The Morgan fingerprint density at radius 3 is 2.37 bits per heavy atom. The van der Waals surface area contributed by atoms with Gasteiger partial charge < -0.3 is 5.32 Å². The molecule has 1 aromatic heterocycles. The van der Waals surface area contributed by atoms with E-state index in [-0.39, 0.29) is 6.04 Å². The van der Waals surface area contributed by atoms with Gasteiger partial charge in [0.2, 0.25) is 0 Å². The Kier molecular flexibility index (Phi) is 4.18. The molecule has 0 saturated heterocycles. The molecule has 1 atom stereocenters. The lowest BCUT2D eigenvalue weighted by Gasteiger charge is -2.14. The number of sulfone groups is 1. The summed E-state index contributed by atoms with van der Waals surface area (Å²) in [5.74, 6) is 0. The average Bonchev–Trinajstić information content (AvgIpc) is 2.75. The number of thiophene rings is 1. The summed E-state index contributed by atoms with van der Waals surface area (Å²) in [6, 6.07) is 8.78. The zero-order valence-corrected chi connectivity index (χ0v) is 12.9. The van der Waals surface area contributed by atoms with E-state index >= 15 is 0 Å². The van der Waals surface area contributed by atoms with Gasteiger partial charge in [-0.05, 0) is 48.2 Å². The second-order valence-corrected chi connectivity index (χ2v) is 7.90. The van der Waals surface area contributed by atoms with Crippen LogP contribution in [0.5, 0.6) is 0 Å². The van der Waals surface area contributed by atoms with E-state index in [2.05, 4.69) is 5.32 Å². The molecule has 0 radical (unpaired) electrons. The van der Waals surface area contributed by atoms with E-state index in [0.717, 1.165) is 15.6 Å². The van der Waals surface area contributed by atoms with Gasteiger partial charge in [0.25, 0.3) is 0 Å². The van der Waals surface area contributed by atoms with E-state index in [9.17, 15) is 8.42 Å². The lowest BCUT2D eigenvalue weighted by molar-refractivity contribution is 0.602. The number of rotatable bonds is 4. The summed E-state index contributed by atoms with van der Waals surface area (Å²) in [7, 11) is -3.14. The molecule has 6 heteroatoms. The van der Waals surface area contributed by atoms with Crippen molar-refractivity contribution in [3.05, 3.63) is 45.6 Å². The van der Waals surface area contributed by atoms with Gasteiger partial charge in [-0.1, -0.05) is 11.6 Å². The molecule has 2 rings (SSSR count). The Morgan fingerprint density at radius 1 is 1.26 bits per heavy atom. The minimum absolute atomic E-state index is 0.118. The highest BCUT2D eigenvalue weighted by Crippen LogP contribution is 2.27. The van der Waals surface area contributed by atoms with Crippen molar-refractivity contribution in [1.29, 1.82) is 0 Å². The fraction of sp³-hybridized carbons (Fsp3) is 0.231. The Hall–Kier alpha value is -1.04. The van der Waals surface area contributed by atoms with E-state index in [1.807, 2.05) is 18.4 Å². The van der Waals surface area contributed by atoms with Gasteiger partial charge in [0.05, 0.1) is 9.23 Å². The fourth-order valence-electron chi connectivity index (χ4n) is 1.68. The highest BCUT2D eigenvalue weighted by atomic mass is 35.5. The molecule has 0 aliphatic heterocycles. The third-order valence-corrected chi connectivity index (χ3v) is 4.99. The van der Waals surface area contributed by atoms with Crippen molar-refractivity contribution in [2.24, 2.45) is 0 Å². The molecule has 2 aromatic rings. The quantitative estimate of drug-likeness (QED) is 0.928. The topological polar surface area (TPSA) is 46.2 Å². The van der Waals surface area contributed by atoms with Crippen LogP contribution >= 0.6 is 22.9 Å². The molecule has 0 amide bonds. The highest BCUT2D eigenvalue weighted by molar-refractivity contribution is 7.90. The van der Waals surface area contributed by atoms with Gasteiger partial charge in [-0.2, -0.15) is 0 Å². The lowest BCUT2D eigenvalue weighted by atomic mass is 10.1. The van der Waals surface area contributed by atoms with E-state index in [1.54, 1.807) is 24.3 Å². The van der Waals surface area contributed by atoms with Gasteiger partial charge in [-0.25, -0.2) is 8.42 Å². The van der Waals surface area contributed by atoms with E-state index in [0.29, 0.717) is 4.90 Å². The van der Waals surface area contributed by atoms with Crippen molar-refractivity contribution in [1.82, 2.24) is 0 Å². The van der Waals surface area contributed by atoms with Gasteiger partial charge in [0.15, 0.2) is 9.84 Å². The van der Waals surface area contributed by atoms with Crippen LogP contribution < -0.4 is 5.32 Å². The molecule has 19 heavy (non-hydrogen) atoms. The molecule has 1 heterocycles. The molecule has 1 N–H and O–H groups in total. The number of benzene rings is 1. The van der Waals surface area contributed by atoms with E-state index in [4.69, 9.17) is 11.6 Å². The molecule has 1 unspecified atom stereocenters. The standard InChI is InChI=1S/C13H14ClNO2S2/c1-9(10-7-13(14)18-8-10)15-11-3-5-12(6-4-11)19(2,16)17/h3-9,15H,1-2H3. The third kappa shape index (κ3) is 3.72. The van der Waals surface area contributed by atoms with Gasteiger partial charge in [0.1, 0.15) is 0 Å². The molecule has 1 aromatic carbocycles. The van der Waals surface area contributed by atoms with Gasteiger partial charge in [-0.3, -0.25) is 0 Å². The average molecular weight is 316 g/mol. The number of hydrogen-bond acceptors (Lipinski definition) is 4. The van der Waals surface area contributed by atoms with E-state index < -0.39 is 9.84 Å². The largest absolute Gasteiger partial charge is 0.378 e. The van der Waals surface area contributed by atoms with Gasteiger partial charge in [-0.15, -0.1) is 11.3 Å². The Balaban J connectivity index is 2.12. The van der Waals surface area contributed by atoms with Gasteiger partial charge >= 0.3 is 0 Å². The van der Waals surface area contributed by atoms with Crippen LogP contribution in [0.15, 0.2) is 40.6 Å². The van der Waals surface area contributed by atoms with Crippen LogP contribution in [0.25, 0.3) is 0 Å². The SMILES string of the molecule is CC(Nc1ccc(S(C)(=O)=O)cc1)c1csc(Cl)c1. The van der Waals surface area contributed by atoms with Gasteiger partial charge in [0, 0.05) is 18.0 Å². The summed E-state index contributed by atoms with van der Waals surface area (Å²) in [5, 5.41) is 5.31. The first-order valence-corrected chi connectivity index (χ1v) is 8.82. The molecule has 0 aliphatic rings. The van der Waals surface area contributed by atoms with Crippen LogP contribution in [0.3, 0.4) is 0 Å². The second kappa shape index (κ2) is 5.53. The van der Waals surface area contributed by atoms with Crippen molar-refractivity contribution >= 4 is 38.5 Å². The maximum atomic E-state index is 11.4. The van der Waals surface area contributed by atoms with Crippen LogP contribution in [0.1, 0.15) is 18.5 Å². The highest BCUT2D eigenvalue weighted by Gasteiger charge is 2.09. The first kappa shape index (κ1) is 14.4. The Morgan fingerprint density at radius 2 is 1.89 bits per heavy atom. The molecular weight excluding hydrogens is 302 g/mol. The second-order valence-electron chi connectivity index (χ2n) is 4.35. The molecule has 0 bridgehead atoms. The molecular formula is C13H14ClNO2S2. The lowest BCUT2D eigenvalue weighted by Crippen LogP contribution is -2.05. The Labute approximate surface area is 122 Å². The van der Waals surface area contributed by atoms with Crippen LogP contribution in [-0.2, 0) is 9.84 Å². The molecule has 0 spiro atoms. The number of halogens is 1. The van der Waals surface area contributed by atoms with Crippen molar-refractivity contribution in [2.45, 2.75) is 17.9 Å². The summed E-state index contributed by atoms with van der Waals surface area (Å²) in [4.78, 5) is 0.323. The predicted molar refractivity (Wildman–Crippen MR) is 80.9 cm³/mol. The molecule has 0 fully saturated rings. The van der Waals surface area contributed by atoms with Crippen LogP contribution in [0, 0.1) is 0 Å². The number of nitrogens with one attached hydrogen (secondary N) is 1. The van der Waals surface area contributed by atoms with Crippen LogP contribution in [-0.4, -0.2) is 14.7 Å². The fourth-order valence-corrected chi connectivity index (χ4v) is 3.30. The molecule has 0 saturated carbocycles. The molecule has 0 aliphatic carbocycles. The zero-order valence-electron chi connectivity index (χ0n) is 10.6. The van der Waals surface area contributed by atoms with Crippen molar-refractivity contribution in [2.75, 3.05) is 11.6 Å².